The van der Waals surface area contributed by atoms with Crippen LogP contribution >= 0.6 is 0 Å². The molecule has 10 heteroatoms. The number of nitrogens with zero attached hydrogens (tertiary/aromatic N) is 4. The monoisotopic (exact) mass is 448 g/mol. The van der Waals surface area contributed by atoms with Gasteiger partial charge >= 0.3 is 5.76 Å². The number of hydrogen-bond donors (Lipinski definition) is 2. The van der Waals surface area contributed by atoms with Crippen LogP contribution < -0.4 is 11.1 Å². The second kappa shape index (κ2) is 9.51. The van der Waals surface area contributed by atoms with Crippen molar-refractivity contribution in [3.05, 3.63) is 82.1 Å². The van der Waals surface area contributed by atoms with E-state index in [1.165, 1.54) is 10.9 Å². The molecule has 2 amide bonds. The second-order valence-electron chi connectivity index (χ2n) is 7.60. The fraction of sp³-hybridized carbons (Fsp3) is 0.261. The summed E-state index contributed by atoms with van der Waals surface area (Å²) in [5.74, 6) is -0.980. The Hall–Kier alpha value is -4.21. The van der Waals surface area contributed by atoms with Crippen LogP contribution in [0, 0.1) is 0 Å². The molecule has 4 aromatic rings. The van der Waals surface area contributed by atoms with Crippen molar-refractivity contribution in [2.75, 3.05) is 13.6 Å². The van der Waals surface area contributed by atoms with Gasteiger partial charge in [-0.1, -0.05) is 41.6 Å². The number of H-pyrrole nitrogens is 1. The number of aromatic amines is 1. The van der Waals surface area contributed by atoms with Crippen LogP contribution in [0.15, 0.2) is 63.9 Å². The molecule has 1 unspecified atom stereocenters. The van der Waals surface area contributed by atoms with Gasteiger partial charge in [0.2, 0.25) is 5.91 Å². The number of oxazole rings is 1. The molecule has 2 heterocycles. The first-order valence-electron chi connectivity index (χ1n) is 10.5. The van der Waals surface area contributed by atoms with Crippen LogP contribution in [-0.2, 0) is 17.8 Å². The van der Waals surface area contributed by atoms with Gasteiger partial charge in [0.15, 0.2) is 5.58 Å². The van der Waals surface area contributed by atoms with Crippen molar-refractivity contribution in [2.45, 2.75) is 25.9 Å². The van der Waals surface area contributed by atoms with Crippen LogP contribution in [0.4, 0.5) is 0 Å². The normalized spacial score (nSPS) is 11.9. The SMILES string of the molecule is CCn1nncc1C(=O)NCC(c1ccccc1)N(C)C(=O)Cc1ccc2oc(=O)[nH]c2c1. The van der Waals surface area contributed by atoms with Crippen LogP contribution in [0.3, 0.4) is 0 Å². The summed E-state index contributed by atoms with van der Waals surface area (Å²) in [7, 11) is 1.71. The van der Waals surface area contributed by atoms with Crippen LogP contribution in [0.2, 0.25) is 0 Å². The van der Waals surface area contributed by atoms with Gasteiger partial charge in [0.05, 0.1) is 24.2 Å². The van der Waals surface area contributed by atoms with E-state index in [0.29, 0.717) is 23.3 Å². The highest BCUT2D eigenvalue weighted by Gasteiger charge is 2.23. The van der Waals surface area contributed by atoms with Gasteiger partial charge in [0.1, 0.15) is 5.69 Å². The highest BCUT2D eigenvalue weighted by Crippen LogP contribution is 2.21. The third kappa shape index (κ3) is 4.84. The highest BCUT2D eigenvalue weighted by molar-refractivity contribution is 5.92. The number of hydrogen-bond acceptors (Lipinski definition) is 6. The molecule has 2 aromatic carbocycles. The van der Waals surface area contributed by atoms with Crippen LogP contribution in [0.25, 0.3) is 11.1 Å². The molecule has 10 nitrogen and oxygen atoms in total. The molecule has 0 aliphatic heterocycles. The summed E-state index contributed by atoms with van der Waals surface area (Å²) in [6.45, 7) is 2.62. The van der Waals surface area contributed by atoms with E-state index in [4.69, 9.17) is 4.42 Å². The molecule has 0 fully saturated rings. The molecule has 2 aromatic heterocycles. The first-order chi connectivity index (χ1) is 16.0. The van der Waals surface area contributed by atoms with Crippen molar-refractivity contribution < 1.29 is 14.0 Å². The summed E-state index contributed by atoms with van der Waals surface area (Å²) in [5.41, 5.74) is 2.98. The van der Waals surface area contributed by atoms with Gasteiger partial charge in [0.25, 0.3) is 5.91 Å². The molecule has 0 radical (unpaired) electrons. The summed E-state index contributed by atoms with van der Waals surface area (Å²) in [6.07, 6.45) is 1.55. The fourth-order valence-corrected chi connectivity index (χ4v) is 3.68. The van der Waals surface area contributed by atoms with Gasteiger partial charge in [0, 0.05) is 20.1 Å². The van der Waals surface area contributed by atoms with E-state index < -0.39 is 5.76 Å². The number of fused-ring (bicyclic) bond motifs is 1. The number of carbonyl (C=O) groups is 2. The van der Waals surface area contributed by atoms with Crippen molar-refractivity contribution in [2.24, 2.45) is 0 Å². The average molecular weight is 448 g/mol. The lowest BCUT2D eigenvalue weighted by Crippen LogP contribution is -2.40. The molecule has 1 atom stereocenters. The van der Waals surface area contributed by atoms with Gasteiger partial charge in [-0.15, -0.1) is 5.10 Å². The highest BCUT2D eigenvalue weighted by atomic mass is 16.4. The summed E-state index contributed by atoms with van der Waals surface area (Å²) < 4.78 is 6.53. The molecule has 0 saturated carbocycles. The summed E-state index contributed by atoms with van der Waals surface area (Å²) in [5, 5.41) is 10.6. The van der Waals surface area contributed by atoms with Crippen LogP contribution in [0.1, 0.15) is 34.6 Å². The van der Waals surface area contributed by atoms with E-state index in [2.05, 4.69) is 20.6 Å². The Balaban J connectivity index is 1.51. The zero-order valence-corrected chi connectivity index (χ0v) is 18.3. The summed E-state index contributed by atoms with van der Waals surface area (Å²) in [6, 6.07) is 14.3. The Bertz CT molecular complexity index is 1320. The fourth-order valence-electron chi connectivity index (χ4n) is 3.68. The van der Waals surface area contributed by atoms with Crippen molar-refractivity contribution in [1.82, 2.24) is 30.2 Å². The van der Waals surface area contributed by atoms with Gasteiger partial charge in [-0.25, -0.2) is 9.48 Å². The standard InChI is InChI=1S/C23H24N6O4/c1-3-29-19(14-25-27-29)22(31)24-13-18(16-7-5-4-6-8-16)28(2)21(30)12-15-9-10-20-17(11-15)26-23(32)33-20/h4-11,14,18H,3,12-13H2,1-2H3,(H,24,31)(H,26,32). The number of nitrogens with one attached hydrogen (secondary N) is 2. The summed E-state index contributed by atoms with van der Waals surface area (Å²) in [4.78, 5) is 41.4. The number of rotatable bonds is 8. The Morgan fingerprint density at radius 1 is 1.21 bits per heavy atom. The van der Waals surface area contributed by atoms with E-state index in [1.54, 1.807) is 30.1 Å². The largest absolute Gasteiger partial charge is 0.417 e. The van der Waals surface area contributed by atoms with Crippen molar-refractivity contribution in [1.29, 1.82) is 0 Å². The number of aromatic nitrogens is 4. The minimum absolute atomic E-state index is 0.128. The van der Waals surface area contributed by atoms with Crippen molar-refractivity contribution >= 4 is 22.9 Å². The Morgan fingerprint density at radius 3 is 2.76 bits per heavy atom. The van der Waals surface area contributed by atoms with Crippen molar-refractivity contribution in [3.8, 4) is 0 Å². The van der Waals surface area contributed by atoms with E-state index >= 15 is 0 Å². The smallest absolute Gasteiger partial charge is 0.408 e. The predicted octanol–water partition coefficient (Wildman–Crippen LogP) is 1.90. The quantitative estimate of drug-likeness (QED) is 0.424. The van der Waals surface area contributed by atoms with Gasteiger partial charge < -0.3 is 14.6 Å². The lowest BCUT2D eigenvalue weighted by molar-refractivity contribution is -0.131. The Morgan fingerprint density at radius 2 is 2.00 bits per heavy atom. The second-order valence-corrected chi connectivity index (χ2v) is 7.60. The van der Waals surface area contributed by atoms with E-state index in [9.17, 15) is 14.4 Å². The predicted molar refractivity (Wildman–Crippen MR) is 121 cm³/mol. The Labute approximate surface area is 189 Å². The molecule has 0 bridgehead atoms. The average Bonchev–Trinajstić information content (AvgIpc) is 3.44. The van der Waals surface area contributed by atoms with E-state index in [0.717, 1.165) is 11.1 Å². The first kappa shape index (κ1) is 22.0. The number of likely N-dealkylation sites (N-methyl/N-ethyl adjacent to an activating group) is 1. The maximum atomic E-state index is 13.1. The third-order valence-electron chi connectivity index (χ3n) is 5.49. The number of benzene rings is 2. The minimum Gasteiger partial charge on any atom is -0.408 e. The lowest BCUT2D eigenvalue weighted by atomic mass is 10.0. The number of amides is 2. The van der Waals surface area contributed by atoms with Crippen LogP contribution in [0.5, 0.6) is 0 Å². The number of aryl methyl sites for hydroxylation is 1. The van der Waals surface area contributed by atoms with Gasteiger partial charge in [-0.05, 0) is 30.2 Å². The zero-order chi connectivity index (χ0) is 23.4. The molecule has 0 aliphatic carbocycles. The molecule has 2 N–H and O–H groups in total. The van der Waals surface area contributed by atoms with Crippen molar-refractivity contribution in [3.63, 3.8) is 0 Å². The van der Waals surface area contributed by atoms with Crippen LogP contribution in [-0.4, -0.2) is 50.3 Å². The minimum atomic E-state index is -0.537. The lowest BCUT2D eigenvalue weighted by Gasteiger charge is -2.29. The maximum Gasteiger partial charge on any atom is 0.417 e. The van der Waals surface area contributed by atoms with Gasteiger partial charge in [-0.2, -0.15) is 0 Å². The van der Waals surface area contributed by atoms with E-state index in [1.807, 2.05) is 37.3 Å². The third-order valence-corrected chi connectivity index (χ3v) is 5.49. The first-order valence-corrected chi connectivity index (χ1v) is 10.5. The molecule has 170 valence electrons. The molecule has 0 spiro atoms. The zero-order valence-electron chi connectivity index (χ0n) is 18.3. The van der Waals surface area contributed by atoms with E-state index in [-0.39, 0.29) is 30.8 Å². The molecule has 0 aliphatic rings. The molecule has 33 heavy (non-hydrogen) atoms. The topological polar surface area (TPSA) is 126 Å². The molecule has 4 rings (SSSR count). The molecule has 0 saturated heterocycles. The maximum absolute atomic E-state index is 13.1. The molecular formula is C23H24N6O4. The van der Waals surface area contributed by atoms with Gasteiger partial charge in [-0.3, -0.25) is 14.6 Å². The molecular weight excluding hydrogens is 424 g/mol. The summed E-state index contributed by atoms with van der Waals surface area (Å²) >= 11 is 0. The Kier molecular flexibility index (Phi) is 6.34. The number of carbonyl (C=O) groups excluding carboxylic acids is 2.